The predicted octanol–water partition coefficient (Wildman–Crippen LogP) is 3.48. The Morgan fingerprint density at radius 1 is 1.32 bits per heavy atom. The van der Waals surface area contributed by atoms with E-state index in [4.69, 9.17) is 0 Å². The highest BCUT2D eigenvalue weighted by Gasteiger charge is 2.24. The maximum absolute atomic E-state index is 12.7. The number of thioether (sulfide) groups is 1. The minimum atomic E-state index is 0.208. The van der Waals surface area contributed by atoms with Crippen LogP contribution in [-0.2, 0) is 4.79 Å². The van der Waals surface area contributed by atoms with Crippen LogP contribution < -0.4 is 0 Å². The van der Waals surface area contributed by atoms with Crippen molar-refractivity contribution in [3.63, 3.8) is 0 Å². The molecule has 2 heterocycles. The normalized spacial score (nSPS) is 15.9. The Morgan fingerprint density at radius 2 is 2.12 bits per heavy atom. The van der Waals surface area contributed by atoms with Crippen LogP contribution in [0, 0.1) is 0 Å². The Labute approximate surface area is 151 Å². The lowest BCUT2D eigenvalue weighted by Gasteiger charge is -2.33. The molecule has 1 N–H and O–H groups in total. The highest BCUT2D eigenvalue weighted by molar-refractivity contribution is 7.99. The molecule has 25 heavy (non-hydrogen) atoms. The zero-order chi connectivity index (χ0) is 17.2. The molecule has 7 heteroatoms. The molecule has 0 saturated heterocycles. The second kappa shape index (κ2) is 7.07. The van der Waals surface area contributed by atoms with E-state index in [2.05, 4.69) is 27.0 Å². The van der Waals surface area contributed by atoms with E-state index < -0.39 is 0 Å². The van der Waals surface area contributed by atoms with Crippen LogP contribution in [0.2, 0.25) is 0 Å². The van der Waals surface area contributed by atoms with Crippen LogP contribution in [0.4, 0.5) is 0 Å². The van der Waals surface area contributed by atoms with Crippen LogP contribution >= 0.6 is 11.8 Å². The van der Waals surface area contributed by atoms with Crippen molar-refractivity contribution in [3.8, 4) is 0 Å². The number of hydrogen-bond acceptors (Lipinski definition) is 4. The molecule has 0 radical (unpaired) electrons. The number of benzene rings is 1. The molecular weight excluding hydrogens is 334 g/mol. The average molecular weight is 357 g/mol. The molecule has 0 aliphatic heterocycles. The maximum Gasteiger partial charge on any atom is 0.233 e. The van der Waals surface area contributed by atoms with E-state index in [0.29, 0.717) is 11.8 Å². The van der Waals surface area contributed by atoms with Crippen molar-refractivity contribution >= 4 is 34.5 Å². The van der Waals surface area contributed by atoms with Crippen LogP contribution in [0.25, 0.3) is 16.8 Å². The number of amides is 1. The summed E-state index contributed by atoms with van der Waals surface area (Å²) in [7, 11) is 0. The first-order chi connectivity index (χ1) is 12.3. The van der Waals surface area contributed by atoms with Crippen molar-refractivity contribution < 1.29 is 4.79 Å². The van der Waals surface area contributed by atoms with E-state index in [-0.39, 0.29) is 5.91 Å². The lowest BCUT2D eigenvalue weighted by atomic mass is 9.94. The predicted molar refractivity (Wildman–Crippen MR) is 99.8 cm³/mol. The van der Waals surface area contributed by atoms with Gasteiger partial charge in [0.05, 0.1) is 16.8 Å². The maximum atomic E-state index is 12.7. The monoisotopic (exact) mass is 357 g/mol. The standard InChI is InChI=1S/C18H23N5OS/c1-2-22(13-8-4-3-5-9-13)16(24)12-25-18-21-20-17-19-14-10-6-7-11-15(14)23(17)18/h6-7,10-11,13H,2-5,8-9,12H2,1H3,(H,19,20). The van der Waals surface area contributed by atoms with E-state index in [9.17, 15) is 4.79 Å². The summed E-state index contributed by atoms with van der Waals surface area (Å²) in [6, 6.07) is 8.39. The molecule has 3 aromatic rings. The SMILES string of the molecule is CCN(C(=O)CSc1n[nH]c2nc3ccccc3n12)C1CCCCC1. The highest BCUT2D eigenvalue weighted by atomic mass is 32.2. The number of aromatic amines is 1. The van der Waals surface area contributed by atoms with Gasteiger partial charge in [0, 0.05) is 12.6 Å². The van der Waals surface area contributed by atoms with Crippen molar-refractivity contribution in [2.75, 3.05) is 12.3 Å². The third-order valence-electron chi connectivity index (χ3n) is 5.00. The number of hydrogen-bond donors (Lipinski definition) is 1. The fourth-order valence-electron chi connectivity index (χ4n) is 3.78. The summed E-state index contributed by atoms with van der Waals surface area (Å²) < 4.78 is 1.99. The van der Waals surface area contributed by atoms with E-state index in [0.717, 1.165) is 41.4 Å². The summed E-state index contributed by atoms with van der Waals surface area (Å²) in [5.74, 6) is 1.34. The molecule has 1 fully saturated rings. The Bertz CT molecular complexity index is 880. The van der Waals surface area contributed by atoms with Gasteiger partial charge in [-0.05, 0) is 31.9 Å². The van der Waals surface area contributed by atoms with Crippen molar-refractivity contribution in [1.82, 2.24) is 24.5 Å². The minimum absolute atomic E-state index is 0.208. The number of nitrogens with one attached hydrogen (secondary N) is 1. The lowest BCUT2D eigenvalue weighted by molar-refractivity contribution is -0.131. The van der Waals surface area contributed by atoms with Crippen LogP contribution in [-0.4, -0.2) is 48.7 Å². The number of H-pyrrole nitrogens is 1. The molecule has 1 saturated carbocycles. The number of carbonyl (C=O) groups excluding carboxylic acids is 1. The average Bonchev–Trinajstić information content (AvgIpc) is 3.21. The first-order valence-electron chi connectivity index (χ1n) is 9.01. The fraction of sp³-hybridized carbons (Fsp3) is 0.500. The molecule has 0 bridgehead atoms. The third kappa shape index (κ3) is 3.13. The van der Waals surface area contributed by atoms with Crippen LogP contribution in [0.15, 0.2) is 29.4 Å². The summed E-state index contributed by atoms with van der Waals surface area (Å²) in [6.07, 6.45) is 6.06. The number of rotatable bonds is 5. The Balaban J connectivity index is 1.50. The number of para-hydroxylation sites is 2. The number of aromatic nitrogens is 4. The molecule has 132 valence electrons. The molecule has 0 atom stereocenters. The van der Waals surface area contributed by atoms with Gasteiger partial charge < -0.3 is 4.90 Å². The van der Waals surface area contributed by atoms with Crippen molar-refractivity contribution in [2.45, 2.75) is 50.2 Å². The summed E-state index contributed by atoms with van der Waals surface area (Å²) in [4.78, 5) is 19.3. The summed E-state index contributed by atoms with van der Waals surface area (Å²) >= 11 is 1.48. The molecule has 2 aromatic heterocycles. The molecule has 1 amide bonds. The van der Waals surface area contributed by atoms with Gasteiger partial charge in [-0.1, -0.05) is 43.2 Å². The second-order valence-corrected chi connectivity index (χ2v) is 7.47. The van der Waals surface area contributed by atoms with Gasteiger partial charge >= 0.3 is 0 Å². The first-order valence-corrected chi connectivity index (χ1v) is 10.0. The summed E-state index contributed by atoms with van der Waals surface area (Å²) in [5, 5.41) is 8.10. The van der Waals surface area contributed by atoms with Gasteiger partial charge in [0.25, 0.3) is 0 Å². The van der Waals surface area contributed by atoms with Crippen molar-refractivity contribution in [2.24, 2.45) is 0 Å². The zero-order valence-corrected chi connectivity index (χ0v) is 15.3. The zero-order valence-electron chi connectivity index (χ0n) is 14.4. The number of fused-ring (bicyclic) bond motifs is 3. The van der Waals surface area contributed by atoms with Gasteiger partial charge in [-0.2, -0.15) is 0 Å². The van der Waals surface area contributed by atoms with E-state index in [1.807, 2.05) is 28.7 Å². The minimum Gasteiger partial charge on any atom is -0.339 e. The molecule has 1 aliphatic rings. The fourth-order valence-corrected chi connectivity index (χ4v) is 4.62. The molecule has 1 aromatic carbocycles. The number of nitrogens with zero attached hydrogens (tertiary/aromatic N) is 4. The largest absolute Gasteiger partial charge is 0.339 e. The second-order valence-electron chi connectivity index (χ2n) is 6.53. The summed E-state index contributed by atoms with van der Waals surface area (Å²) in [6.45, 7) is 2.86. The van der Waals surface area contributed by atoms with Gasteiger partial charge in [0.2, 0.25) is 11.7 Å². The molecule has 6 nitrogen and oxygen atoms in total. The number of carbonyl (C=O) groups is 1. The van der Waals surface area contributed by atoms with Crippen LogP contribution in [0.5, 0.6) is 0 Å². The molecule has 0 spiro atoms. The Kier molecular flexibility index (Phi) is 4.65. The van der Waals surface area contributed by atoms with E-state index >= 15 is 0 Å². The van der Waals surface area contributed by atoms with Crippen LogP contribution in [0.3, 0.4) is 0 Å². The van der Waals surface area contributed by atoms with Gasteiger partial charge in [-0.15, -0.1) is 5.10 Å². The Hall–Kier alpha value is -2.02. The molecule has 0 unspecified atom stereocenters. The lowest BCUT2D eigenvalue weighted by Crippen LogP contribution is -2.42. The third-order valence-corrected chi connectivity index (χ3v) is 5.93. The first kappa shape index (κ1) is 16.4. The molecule has 1 aliphatic carbocycles. The van der Waals surface area contributed by atoms with Gasteiger partial charge in [0.15, 0.2) is 5.16 Å². The topological polar surface area (TPSA) is 66.3 Å². The quantitative estimate of drug-likeness (QED) is 0.710. The number of imidazole rings is 1. The Morgan fingerprint density at radius 3 is 2.92 bits per heavy atom. The van der Waals surface area contributed by atoms with Crippen molar-refractivity contribution in [1.29, 1.82) is 0 Å². The molecule has 4 rings (SSSR count). The van der Waals surface area contributed by atoms with E-state index in [1.54, 1.807) is 0 Å². The highest BCUT2D eigenvalue weighted by Crippen LogP contribution is 2.26. The van der Waals surface area contributed by atoms with Gasteiger partial charge in [0.1, 0.15) is 0 Å². The van der Waals surface area contributed by atoms with Crippen LogP contribution in [0.1, 0.15) is 39.0 Å². The summed E-state index contributed by atoms with van der Waals surface area (Å²) in [5.41, 5.74) is 1.95. The molecular formula is C18H23N5OS. The van der Waals surface area contributed by atoms with Gasteiger partial charge in [-0.25, -0.2) is 10.1 Å². The smallest absolute Gasteiger partial charge is 0.233 e. The van der Waals surface area contributed by atoms with E-state index in [1.165, 1.54) is 31.0 Å². The van der Waals surface area contributed by atoms with Crippen molar-refractivity contribution in [3.05, 3.63) is 24.3 Å². The van der Waals surface area contributed by atoms with Gasteiger partial charge in [-0.3, -0.25) is 9.20 Å².